The number of phenols is 1. The van der Waals surface area contributed by atoms with Crippen molar-refractivity contribution in [2.75, 3.05) is 6.54 Å². The molecule has 7 aromatic rings. The highest BCUT2D eigenvalue weighted by atomic mass is 32.2. The Bertz CT molecular complexity index is 2820. The molecular formula is C55H52N2O10S. The van der Waals surface area contributed by atoms with Crippen LogP contribution in [0.5, 0.6) is 23.0 Å². The van der Waals surface area contributed by atoms with Crippen LogP contribution in [0.4, 0.5) is 10.5 Å². The smallest absolute Gasteiger partial charge is 0.424 e. The molecule has 0 aliphatic rings. The number of allylic oxidation sites excluding steroid dienone is 1. The highest BCUT2D eigenvalue weighted by Gasteiger charge is 2.35. The molecule has 0 fully saturated rings. The monoisotopic (exact) mass is 932 g/mol. The maximum atomic E-state index is 13.8. The van der Waals surface area contributed by atoms with E-state index in [4.69, 9.17) is 18.9 Å². The summed E-state index contributed by atoms with van der Waals surface area (Å²) in [5, 5.41) is 22.7. The first-order valence-electron chi connectivity index (χ1n) is 22.3. The zero-order chi connectivity index (χ0) is 47.6. The van der Waals surface area contributed by atoms with Crippen LogP contribution in [0.1, 0.15) is 58.2 Å². The second kappa shape index (κ2) is 24.0. The molecule has 0 aliphatic heterocycles. The Morgan fingerprint density at radius 2 is 1.12 bits per heavy atom. The first-order valence-corrected chi connectivity index (χ1v) is 23.7. The molecule has 68 heavy (non-hydrogen) atoms. The molecule has 0 bridgehead atoms. The van der Waals surface area contributed by atoms with Crippen molar-refractivity contribution in [2.24, 2.45) is 0 Å². The third kappa shape index (κ3) is 13.6. The maximum Gasteiger partial charge on any atom is 0.424 e. The second-order valence-corrected chi connectivity index (χ2v) is 17.7. The van der Waals surface area contributed by atoms with Gasteiger partial charge < -0.3 is 24.1 Å². The Morgan fingerprint density at radius 3 is 1.68 bits per heavy atom. The number of phenolic OH excluding ortho intramolecular Hbond substituents is 1. The van der Waals surface area contributed by atoms with Gasteiger partial charge in [-0.25, -0.2) is 17.5 Å². The van der Waals surface area contributed by atoms with Crippen molar-refractivity contribution in [1.82, 2.24) is 4.31 Å². The van der Waals surface area contributed by atoms with E-state index in [9.17, 15) is 28.4 Å². The molecule has 0 heterocycles. The molecule has 348 valence electrons. The number of nitro benzene ring substituents is 1. The summed E-state index contributed by atoms with van der Waals surface area (Å²) in [6, 6.07) is 52.7. The molecule has 7 rings (SSSR count). The lowest BCUT2D eigenvalue weighted by Gasteiger charge is -2.22. The van der Waals surface area contributed by atoms with Crippen LogP contribution in [0.15, 0.2) is 187 Å². The number of sulfonamides is 1. The summed E-state index contributed by atoms with van der Waals surface area (Å²) in [6.45, 7) is 0.509. The predicted molar refractivity (Wildman–Crippen MR) is 261 cm³/mol. The fourth-order valence-corrected chi connectivity index (χ4v) is 8.85. The number of aryl methyl sites for hydroxylation is 1. The Labute approximate surface area is 396 Å². The molecule has 7 aromatic carbocycles. The van der Waals surface area contributed by atoms with E-state index in [0.29, 0.717) is 78.2 Å². The van der Waals surface area contributed by atoms with Gasteiger partial charge in [0.2, 0.25) is 5.75 Å². The summed E-state index contributed by atoms with van der Waals surface area (Å²) in [5.41, 5.74) is 5.49. The average molecular weight is 933 g/mol. The topological polar surface area (TPSA) is 155 Å². The minimum atomic E-state index is -4.65. The molecule has 0 aliphatic carbocycles. The maximum absolute atomic E-state index is 13.8. The summed E-state index contributed by atoms with van der Waals surface area (Å²) in [6.07, 6.45) is 5.25. The van der Waals surface area contributed by atoms with Gasteiger partial charge in [0.1, 0.15) is 32.2 Å². The van der Waals surface area contributed by atoms with E-state index in [2.05, 4.69) is 0 Å². The molecule has 0 spiro atoms. The molecule has 12 nitrogen and oxygen atoms in total. The van der Waals surface area contributed by atoms with Crippen molar-refractivity contribution >= 4 is 27.9 Å². The van der Waals surface area contributed by atoms with Crippen LogP contribution in [0.2, 0.25) is 0 Å². The first-order chi connectivity index (χ1) is 33.1. The number of hydrogen-bond donors (Lipinski definition) is 1. The molecule has 1 amide bonds. The Morgan fingerprint density at radius 1 is 0.603 bits per heavy atom. The summed E-state index contributed by atoms with van der Waals surface area (Å²) in [5.74, 6) is 1.67. The lowest BCUT2D eigenvalue weighted by molar-refractivity contribution is -0.387. The Balaban J connectivity index is 1.03. The Hall–Kier alpha value is -7.90. The SMILES string of the molecule is O=C(OCc1ccccc1)N(CCCCCc1ccc(O)c(C/C=C\c2cc(OCc3ccccc3)c(OCc3ccccc3)c(OCc3ccccc3)c2)c1)S(=O)(=O)c1ccccc1[N+](=O)[O-]. The van der Waals surface area contributed by atoms with Crippen molar-refractivity contribution in [3.8, 4) is 23.0 Å². The molecule has 0 saturated carbocycles. The molecule has 0 aromatic heterocycles. The number of rotatable bonds is 23. The zero-order valence-corrected chi connectivity index (χ0v) is 38.2. The number of nitro groups is 1. The van der Waals surface area contributed by atoms with Crippen LogP contribution in [-0.2, 0) is 54.0 Å². The third-order valence-electron chi connectivity index (χ3n) is 10.9. The highest BCUT2D eigenvalue weighted by molar-refractivity contribution is 7.89. The number of nitrogens with zero attached hydrogens (tertiary/aromatic N) is 2. The second-order valence-electron chi connectivity index (χ2n) is 15.9. The quantitative estimate of drug-likeness (QED) is 0.0372. The molecule has 1 N–H and O–H groups in total. The molecule has 0 radical (unpaired) electrons. The van der Waals surface area contributed by atoms with Crippen molar-refractivity contribution in [2.45, 2.75) is 63.4 Å². The summed E-state index contributed by atoms with van der Waals surface area (Å²) < 4.78 is 52.9. The number of carbonyl (C=O) groups excluding carboxylic acids is 1. The van der Waals surface area contributed by atoms with Gasteiger partial charge >= 0.3 is 6.09 Å². The van der Waals surface area contributed by atoms with Crippen molar-refractivity contribution in [3.63, 3.8) is 0 Å². The van der Waals surface area contributed by atoms with Crippen molar-refractivity contribution in [3.05, 3.63) is 231 Å². The Kier molecular flexibility index (Phi) is 17.0. The van der Waals surface area contributed by atoms with Crippen LogP contribution in [-0.4, -0.2) is 35.4 Å². The van der Waals surface area contributed by atoms with Crippen molar-refractivity contribution < 1.29 is 42.2 Å². The molecule has 0 atom stereocenters. The summed E-state index contributed by atoms with van der Waals surface area (Å²) >= 11 is 0. The number of aromatic hydroxyl groups is 1. The van der Waals surface area contributed by atoms with Gasteiger partial charge in [-0.15, -0.1) is 0 Å². The predicted octanol–water partition coefficient (Wildman–Crippen LogP) is 12.0. The molecule has 0 saturated heterocycles. The standard InChI is InChI=1S/C55H52N2O10S/c58-50-33-32-42(19-14-5-17-34-56(55(59)67-41-46-26-12-4-13-27-46)68(62,63)53-31-16-15-30-49(53)57(60)61)35-48(50)29-18-28-47-36-51(64-38-43-20-6-1-7-21-43)54(66-40-45-24-10-3-11-25-45)52(37-47)65-39-44-22-8-2-9-23-44/h1-4,6-13,15-16,18,20-28,30-33,35-37,58H,5,14,17,19,29,34,38-41H2/b28-18-. The van der Waals surface area contributed by atoms with Crippen LogP contribution < -0.4 is 14.2 Å². The molecule has 13 heteroatoms. The third-order valence-corrected chi connectivity index (χ3v) is 12.7. The van der Waals surface area contributed by atoms with Gasteiger partial charge in [0, 0.05) is 12.6 Å². The number of benzene rings is 7. The largest absolute Gasteiger partial charge is 0.508 e. The summed E-state index contributed by atoms with van der Waals surface area (Å²) in [4.78, 5) is 23.7. The van der Waals surface area contributed by atoms with Gasteiger partial charge in [-0.1, -0.05) is 164 Å². The van der Waals surface area contributed by atoms with E-state index in [1.54, 1.807) is 36.4 Å². The van der Waals surface area contributed by atoms with Gasteiger partial charge in [-0.05, 0) is 88.9 Å². The minimum absolute atomic E-state index is 0.145. The highest BCUT2D eigenvalue weighted by Crippen LogP contribution is 2.41. The van der Waals surface area contributed by atoms with Gasteiger partial charge in [-0.3, -0.25) is 10.1 Å². The van der Waals surface area contributed by atoms with Gasteiger partial charge in [0.25, 0.3) is 15.7 Å². The van der Waals surface area contributed by atoms with E-state index >= 15 is 0 Å². The fraction of sp³-hybridized carbons (Fsp3) is 0.182. The lowest BCUT2D eigenvalue weighted by atomic mass is 10.0. The average Bonchev–Trinajstić information content (AvgIpc) is 3.37. The number of amides is 1. The van der Waals surface area contributed by atoms with Crippen LogP contribution >= 0.6 is 0 Å². The van der Waals surface area contributed by atoms with E-state index in [1.807, 2.05) is 127 Å². The van der Waals surface area contributed by atoms with Crippen LogP contribution in [0.25, 0.3) is 6.08 Å². The van der Waals surface area contributed by atoms with E-state index < -0.39 is 31.6 Å². The number of ether oxygens (including phenoxy) is 4. The van der Waals surface area contributed by atoms with Crippen LogP contribution in [0.3, 0.4) is 0 Å². The van der Waals surface area contributed by atoms with E-state index in [0.717, 1.165) is 39.9 Å². The fourth-order valence-electron chi connectivity index (χ4n) is 7.34. The van der Waals surface area contributed by atoms with Gasteiger partial charge in [0.05, 0.1) is 4.92 Å². The summed E-state index contributed by atoms with van der Waals surface area (Å²) in [7, 11) is -4.65. The van der Waals surface area contributed by atoms with E-state index in [-0.39, 0.29) is 25.3 Å². The van der Waals surface area contributed by atoms with E-state index in [1.165, 1.54) is 12.1 Å². The number of hydrogen-bond acceptors (Lipinski definition) is 10. The number of carbonyl (C=O) groups is 1. The number of unbranched alkanes of at least 4 members (excludes halogenated alkanes) is 2. The zero-order valence-electron chi connectivity index (χ0n) is 37.4. The minimum Gasteiger partial charge on any atom is -0.508 e. The molecule has 0 unspecified atom stereocenters. The van der Waals surface area contributed by atoms with Gasteiger partial charge in [-0.2, -0.15) is 0 Å². The van der Waals surface area contributed by atoms with Gasteiger partial charge in [0.15, 0.2) is 16.4 Å². The number of para-hydroxylation sites is 1. The lowest BCUT2D eigenvalue weighted by Crippen LogP contribution is -2.38. The first kappa shape index (κ1) is 48.0. The normalized spacial score (nSPS) is 11.2. The molecular weight excluding hydrogens is 881 g/mol. The van der Waals surface area contributed by atoms with Crippen molar-refractivity contribution in [1.29, 1.82) is 0 Å². The van der Waals surface area contributed by atoms with Crippen LogP contribution in [0, 0.1) is 10.1 Å².